The number of aryl methyl sites for hydroxylation is 1. The first-order chi connectivity index (χ1) is 12.2. The summed E-state index contributed by atoms with van der Waals surface area (Å²) in [5.74, 6) is 0.132. The number of fused-ring (bicyclic) bond motifs is 2. The number of hydrogen-bond acceptors (Lipinski definition) is 4. The maximum Gasteiger partial charge on any atom is 0.202 e. The van der Waals surface area contributed by atoms with Crippen molar-refractivity contribution < 1.29 is 5.11 Å². The van der Waals surface area contributed by atoms with E-state index in [1.54, 1.807) is 16.8 Å². The lowest BCUT2D eigenvalue weighted by molar-refractivity contribution is 0.427. The highest BCUT2D eigenvalue weighted by Crippen LogP contribution is 2.39. The highest BCUT2D eigenvalue weighted by molar-refractivity contribution is 6.12. The number of aromatic hydroxyl groups is 1. The predicted molar refractivity (Wildman–Crippen MR) is 99.1 cm³/mol. The maximum absolute atomic E-state index is 10.4. The number of nitriles is 1. The molecule has 0 spiro atoms. The van der Waals surface area contributed by atoms with Gasteiger partial charge >= 0.3 is 0 Å². The van der Waals surface area contributed by atoms with Crippen molar-refractivity contribution in [1.82, 2.24) is 9.55 Å². The molecule has 4 aromatic rings. The van der Waals surface area contributed by atoms with E-state index in [1.807, 2.05) is 43.3 Å². The van der Waals surface area contributed by atoms with Gasteiger partial charge in [-0.25, -0.2) is 4.98 Å². The summed E-state index contributed by atoms with van der Waals surface area (Å²) < 4.78 is 1.72. The minimum Gasteiger partial charge on any atom is -0.494 e. The number of nitrogens with two attached hydrogens (primary N) is 1. The molecule has 0 amide bonds. The third-order valence-electron chi connectivity index (χ3n) is 4.54. The molecule has 2 aromatic carbocycles. The van der Waals surface area contributed by atoms with E-state index in [0.717, 1.165) is 22.0 Å². The fraction of sp³-hybridized carbons (Fsp3) is 0.100. The van der Waals surface area contributed by atoms with E-state index in [9.17, 15) is 10.4 Å². The van der Waals surface area contributed by atoms with Crippen LogP contribution in [0.4, 0.5) is 5.69 Å². The van der Waals surface area contributed by atoms with Crippen LogP contribution < -0.4 is 5.73 Å². The lowest BCUT2D eigenvalue weighted by atomic mass is 9.97. The number of para-hydroxylation sites is 1. The van der Waals surface area contributed by atoms with Gasteiger partial charge in [0.15, 0.2) is 0 Å². The van der Waals surface area contributed by atoms with Crippen LogP contribution >= 0.6 is 0 Å². The number of rotatable bonds is 2. The summed E-state index contributed by atoms with van der Waals surface area (Å²) in [5, 5.41) is 21.2. The molecule has 5 nitrogen and oxygen atoms in total. The molecular formula is C20H16N4O. The van der Waals surface area contributed by atoms with Gasteiger partial charge in [0, 0.05) is 29.3 Å². The fourth-order valence-electron chi connectivity index (χ4n) is 3.28. The van der Waals surface area contributed by atoms with Crippen molar-refractivity contribution in [3.8, 4) is 23.1 Å². The maximum atomic E-state index is 10.4. The van der Waals surface area contributed by atoms with Gasteiger partial charge in [-0.1, -0.05) is 36.4 Å². The third kappa shape index (κ3) is 2.12. The molecule has 2 heterocycles. The number of pyridine rings is 1. The fourth-order valence-corrected chi connectivity index (χ4v) is 3.28. The number of nitrogen functional groups attached to an aromatic ring is 1. The van der Waals surface area contributed by atoms with Crippen LogP contribution in [0.5, 0.6) is 5.88 Å². The summed E-state index contributed by atoms with van der Waals surface area (Å²) in [6.45, 7) is 2.57. The van der Waals surface area contributed by atoms with Crippen molar-refractivity contribution in [1.29, 1.82) is 5.26 Å². The molecule has 0 aliphatic carbocycles. The van der Waals surface area contributed by atoms with Gasteiger partial charge in [0.25, 0.3) is 0 Å². The summed E-state index contributed by atoms with van der Waals surface area (Å²) >= 11 is 0. The van der Waals surface area contributed by atoms with Crippen LogP contribution in [0.15, 0.2) is 48.7 Å². The first-order valence-electron chi connectivity index (χ1n) is 8.05. The molecule has 0 unspecified atom stereocenters. The van der Waals surface area contributed by atoms with E-state index in [4.69, 9.17) is 10.7 Å². The first kappa shape index (κ1) is 15.0. The summed E-state index contributed by atoms with van der Waals surface area (Å²) in [4.78, 5) is 4.75. The number of benzene rings is 2. The number of anilines is 1. The summed E-state index contributed by atoms with van der Waals surface area (Å²) in [6.07, 6.45) is 1.80. The molecule has 0 aliphatic heterocycles. The molecule has 3 N–H and O–H groups in total. The summed E-state index contributed by atoms with van der Waals surface area (Å²) in [5.41, 5.74) is 10.5. The van der Waals surface area contributed by atoms with Gasteiger partial charge in [-0.05, 0) is 13.0 Å². The van der Waals surface area contributed by atoms with Crippen LogP contribution in [-0.2, 0) is 6.54 Å². The Morgan fingerprint density at radius 2 is 1.92 bits per heavy atom. The molecule has 0 bridgehead atoms. The van der Waals surface area contributed by atoms with Crippen LogP contribution in [-0.4, -0.2) is 14.7 Å². The number of hydrogen-bond donors (Lipinski definition) is 2. The Bertz CT molecular complexity index is 1170. The minimum absolute atomic E-state index is 0.132. The highest BCUT2D eigenvalue weighted by Gasteiger charge is 2.17. The second-order valence-corrected chi connectivity index (χ2v) is 5.88. The smallest absolute Gasteiger partial charge is 0.202 e. The molecule has 0 radical (unpaired) electrons. The lowest BCUT2D eigenvalue weighted by Gasteiger charge is -2.10. The average Bonchev–Trinajstić information content (AvgIpc) is 2.97. The lowest BCUT2D eigenvalue weighted by Crippen LogP contribution is -1.94. The predicted octanol–water partition coefficient (Wildman–Crippen LogP) is 4.04. The second kappa shape index (κ2) is 5.53. The SMILES string of the molecule is CCn1cc2nc3c(-c4ccccc4C#N)cccc3c(N)c2c1O. The zero-order valence-corrected chi connectivity index (χ0v) is 13.7. The number of aromatic nitrogens is 2. The van der Waals surface area contributed by atoms with Crippen LogP contribution in [0.25, 0.3) is 32.9 Å². The van der Waals surface area contributed by atoms with Crippen molar-refractivity contribution in [2.45, 2.75) is 13.5 Å². The van der Waals surface area contributed by atoms with Crippen LogP contribution in [0.3, 0.4) is 0 Å². The zero-order valence-electron chi connectivity index (χ0n) is 13.7. The quantitative estimate of drug-likeness (QED) is 0.581. The van der Waals surface area contributed by atoms with Crippen LogP contribution in [0.2, 0.25) is 0 Å². The van der Waals surface area contributed by atoms with Gasteiger partial charge in [0.05, 0.1) is 33.7 Å². The van der Waals surface area contributed by atoms with E-state index >= 15 is 0 Å². The summed E-state index contributed by atoms with van der Waals surface area (Å²) in [7, 11) is 0. The van der Waals surface area contributed by atoms with Crippen molar-refractivity contribution >= 4 is 27.5 Å². The van der Waals surface area contributed by atoms with Gasteiger partial charge in [-0.3, -0.25) is 0 Å². The Hall–Kier alpha value is -3.52. The number of nitrogens with zero attached hydrogens (tertiary/aromatic N) is 3. The Balaban J connectivity index is 2.13. The van der Waals surface area contributed by atoms with Gasteiger partial charge in [-0.15, -0.1) is 0 Å². The zero-order chi connectivity index (χ0) is 17.6. The van der Waals surface area contributed by atoms with Crippen molar-refractivity contribution in [3.05, 3.63) is 54.2 Å². The molecular weight excluding hydrogens is 312 g/mol. The monoisotopic (exact) mass is 328 g/mol. The summed E-state index contributed by atoms with van der Waals surface area (Å²) in [6, 6.07) is 15.4. The van der Waals surface area contributed by atoms with Gasteiger partial charge in [0.1, 0.15) is 0 Å². The largest absolute Gasteiger partial charge is 0.494 e. The van der Waals surface area contributed by atoms with Crippen molar-refractivity contribution in [3.63, 3.8) is 0 Å². The second-order valence-electron chi connectivity index (χ2n) is 5.88. The minimum atomic E-state index is 0.132. The van der Waals surface area contributed by atoms with E-state index in [1.165, 1.54) is 0 Å². The van der Waals surface area contributed by atoms with Crippen LogP contribution in [0.1, 0.15) is 12.5 Å². The van der Waals surface area contributed by atoms with Crippen molar-refractivity contribution in [2.24, 2.45) is 0 Å². The van der Waals surface area contributed by atoms with E-state index in [0.29, 0.717) is 28.7 Å². The third-order valence-corrected chi connectivity index (χ3v) is 4.54. The Kier molecular flexibility index (Phi) is 3.33. The molecule has 0 atom stereocenters. The Morgan fingerprint density at radius 1 is 1.16 bits per heavy atom. The molecule has 0 saturated carbocycles. The van der Waals surface area contributed by atoms with Gasteiger partial charge < -0.3 is 15.4 Å². The normalized spacial score (nSPS) is 11.0. The van der Waals surface area contributed by atoms with Gasteiger partial charge in [0.2, 0.25) is 5.88 Å². The average molecular weight is 328 g/mol. The molecule has 0 aliphatic rings. The topological polar surface area (TPSA) is 87.9 Å². The molecule has 0 saturated heterocycles. The van der Waals surface area contributed by atoms with E-state index < -0.39 is 0 Å². The molecule has 122 valence electrons. The van der Waals surface area contributed by atoms with Crippen LogP contribution in [0, 0.1) is 11.3 Å². The molecule has 5 heteroatoms. The van der Waals surface area contributed by atoms with Crippen molar-refractivity contribution in [2.75, 3.05) is 5.73 Å². The molecule has 0 fully saturated rings. The Labute approximate surface area is 144 Å². The molecule has 2 aromatic heterocycles. The standard InChI is InChI=1S/C20H16N4O/c1-2-24-11-16-17(20(24)25)18(22)15-9-5-8-14(19(15)23-16)13-7-4-3-6-12(13)10-21/h3-9,11,25H,2,22H2,1H3. The molecule has 25 heavy (non-hydrogen) atoms. The first-order valence-corrected chi connectivity index (χ1v) is 8.05. The molecule has 4 rings (SSSR count). The van der Waals surface area contributed by atoms with E-state index in [-0.39, 0.29) is 5.88 Å². The van der Waals surface area contributed by atoms with Gasteiger partial charge in [-0.2, -0.15) is 5.26 Å². The van der Waals surface area contributed by atoms with E-state index in [2.05, 4.69) is 6.07 Å². The Morgan fingerprint density at radius 3 is 2.68 bits per heavy atom. The highest BCUT2D eigenvalue weighted by atomic mass is 16.3.